The number of nitrogens with zero attached hydrogens (tertiary/aromatic N) is 4. The Hall–Kier alpha value is -1.46. The summed E-state index contributed by atoms with van der Waals surface area (Å²) in [5.41, 5.74) is 0. The number of carbonyl (C=O) groups is 1. The van der Waals surface area contributed by atoms with Gasteiger partial charge in [0.1, 0.15) is 6.04 Å². The van der Waals surface area contributed by atoms with Gasteiger partial charge in [-0.2, -0.15) is 4.80 Å². The molecule has 24 heavy (non-hydrogen) atoms. The molecular formula is C18H33N4O2-. The van der Waals surface area contributed by atoms with Gasteiger partial charge in [-0.15, -0.1) is 10.2 Å². The Labute approximate surface area is 146 Å². The fourth-order valence-corrected chi connectivity index (χ4v) is 2.88. The lowest BCUT2D eigenvalue weighted by molar-refractivity contribution is -0.312. The first kappa shape index (κ1) is 20.6. The fraction of sp³-hybridized carbons (Fsp3) is 0.889. The van der Waals surface area contributed by atoms with Crippen LogP contribution in [0.1, 0.15) is 96.8 Å². The van der Waals surface area contributed by atoms with Gasteiger partial charge in [-0.3, -0.25) is 0 Å². The Morgan fingerprint density at radius 2 is 1.54 bits per heavy atom. The van der Waals surface area contributed by atoms with E-state index < -0.39 is 12.0 Å². The van der Waals surface area contributed by atoms with Crippen LogP contribution >= 0.6 is 0 Å². The molecule has 6 heteroatoms. The Morgan fingerprint density at radius 1 is 1.00 bits per heavy atom. The number of hydrogen-bond donors (Lipinski definition) is 0. The molecule has 0 N–H and O–H groups in total. The van der Waals surface area contributed by atoms with Crippen LogP contribution in [0.5, 0.6) is 0 Å². The van der Waals surface area contributed by atoms with Gasteiger partial charge in [0.25, 0.3) is 0 Å². The third kappa shape index (κ3) is 7.88. The van der Waals surface area contributed by atoms with Crippen molar-refractivity contribution in [1.29, 1.82) is 0 Å². The highest BCUT2D eigenvalue weighted by atomic mass is 16.4. The summed E-state index contributed by atoms with van der Waals surface area (Å²) in [5, 5.41) is 23.2. The Morgan fingerprint density at radius 3 is 2.04 bits per heavy atom. The number of aromatic nitrogens is 4. The highest BCUT2D eigenvalue weighted by molar-refractivity contribution is 5.69. The van der Waals surface area contributed by atoms with Gasteiger partial charge in [-0.1, -0.05) is 78.6 Å². The number of carboxylic acids is 1. The van der Waals surface area contributed by atoms with Crippen LogP contribution in [-0.4, -0.2) is 26.2 Å². The summed E-state index contributed by atoms with van der Waals surface area (Å²) in [7, 11) is 0. The van der Waals surface area contributed by atoms with E-state index in [9.17, 15) is 9.90 Å². The minimum absolute atomic E-state index is 0.130. The minimum atomic E-state index is -1.16. The molecule has 0 aromatic carbocycles. The van der Waals surface area contributed by atoms with Gasteiger partial charge < -0.3 is 9.90 Å². The number of rotatable bonds is 14. The Bertz CT molecular complexity index is 460. The van der Waals surface area contributed by atoms with E-state index in [1.165, 1.54) is 56.2 Å². The van der Waals surface area contributed by atoms with Gasteiger partial charge in [0, 0.05) is 6.42 Å². The standard InChI is InChI=1S/C18H34N4O2/c1-4-5-6-7-8-9-10-11-12-13-14-16-19-21-22(20-16)17(15(2)3)18(23)24/h15,17H,4-14H2,1-3H3,(H,23,24)/p-1. The maximum absolute atomic E-state index is 11.2. The van der Waals surface area contributed by atoms with Crippen molar-refractivity contribution < 1.29 is 9.90 Å². The fourth-order valence-electron chi connectivity index (χ4n) is 2.88. The molecule has 1 unspecified atom stereocenters. The van der Waals surface area contributed by atoms with Crippen LogP contribution in [0, 0.1) is 5.92 Å². The molecule has 1 heterocycles. The molecule has 1 aromatic heterocycles. The zero-order valence-electron chi connectivity index (χ0n) is 15.5. The first-order valence-corrected chi connectivity index (χ1v) is 9.55. The van der Waals surface area contributed by atoms with E-state index in [0.29, 0.717) is 5.82 Å². The second-order valence-electron chi connectivity index (χ2n) is 6.97. The van der Waals surface area contributed by atoms with E-state index in [2.05, 4.69) is 22.3 Å². The number of carboxylic acid groups (broad SMARTS) is 1. The average Bonchev–Trinajstić information content (AvgIpc) is 2.96. The molecule has 0 saturated heterocycles. The van der Waals surface area contributed by atoms with Gasteiger partial charge in [-0.25, -0.2) is 0 Å². The van der Waals surface area contributed by atoms with Crippen molar-refractivity contribution in [2.24, 2.45) is 5.92 Å². The summed E-state index contributed by atoms with van der Waals surface area (Å²) in [5.74, 6) is -0.663. The normalized spacial score (nSPS) is 12.7. The van der Waals surface area contributed by atoms with E-state index >= 15 is 0 Å². The average molecular weight is 337 g/mol. The van der Waals surface area contributed by atoms with Gasteiger partial charge in [0.15, 0.2) is 5.82 Å². The smallest absolute Gasteiger partial charge is 0.174 e. The summed E-state index contributed by atoms with van der Waals surface area (Å²) in [6.45, 7) is 5.87. The predicted octanol–water partition coefficient (Wildman–Crippen LogP) is 3.08. The van der Waals surface area contributed by atoms with Crippen LogP contribution in [0.3, 0.4) is 0 Å². The lowest BCUT2D eigenvalue weighted by atomic mass is 10.1. The molecule has 0 aliphatic heterocycles. The lowest BCUT2D eigenvalue weighted by Gasteiger charge is -2.19. The number of aryl methyl sites for hydroxylation is 1. The molecule has 1 atom stereocenters. The first-order valence-electron chi connectivity index (χ1n) is 9.55. The molecule has 1 rings (SSSR count). The summed E-state index contributed by atoms with van der Waals surface area (Å²) in [4.78, 5) is 12.3. The highest BCUT2D eigenvalue weighted by Crippen LogP contribution is 2.15. The molecule has 0 aliphatic rings. The van der Waals surface area contributed by atoms with E-state index in [4.69, 9.17) is 0 Å². The molecule has 0 bridgehead atoms. The monoisotopic (exact) mass is 337 g/mol. The highest BCUT2D eigenvalue weighted by Gasteiger charge is 2.19. The maximum atomic E-state index is 11.2. The van der Waals surface area contributed by atoms with Crippen molar-refractivity contribution in [3.8, 4) is 0 Å². The topological polar surface area (TPSA) is 83.7 Å². The predicted molar refractivity (Wildman–Crippen MR) is 92.2 cm³/mol. The third-order valence-electron chi connectivity index (χ3n) is 4.35. The first-order chi connectivity index (χ1) is 11.6. The van der Waals surface area contributed by atoms with E-state index in [1.807, 2.05) is 13.8 Å². The molecule has 0 radical (unpaired) electrons. The van der Waals surface area contributed by atoms with E-state index in [0.717, 1.165) is 19.3 Å². The van der Waals surface area contributed by atoms with Crippen molar-refractivity contribution in [1.82, 2.24) is 20.2 Å². The summed E-state index contributed by atoms with van der Waals surface area (Å²) >= 11 is 0. The lowest BCUT2D eigenvalue weighted by Crippen LogP contribution is -2.37. The van der Waals surface area contributed by atoms with Crippen LogP contribution in [0.4, 0.5) is 0 Å². The Kier molecular flexibility index (Phi) is 10.3. The molecule has 6 nitrogen and oxygen atoms in total. The van der Waals surface area contributed by atoms with E-state index in [1.54, 1.807) is 0 Å². The molecule has 138 valence electrons. The quantitative estimate of drug-likeness (QED) is 0.487. The number of carbonyl (C=O) groups excluding carboxylic acids is 1. The molecule has 1 aromatic rings. The summed E-state index contributed by atoms with van der Waals surface area (Å²) < 4.78 is 0. The van der Waals surface area contributed by atoms with Crippen molar-refractivity contribution in [3.63, 3.8) is 0 Å². The van der Waals surface area contributed by atoms with Crippen molar-refractivity contribution in [3.05, 3.63) is 5.82 Å². The second kappa shape index (κ2) is 12.0. The van der Waals surface area contributed by atoms with Crippen LogP contribution in [-0.2, 0) is 11.2 Å². The summed E-state index contributed by atoms with van der Waals surface area (Å²) in [6, 6.07) is -0.848. The van der Waals surface area contributed by atoms with Crippen LogP contribution in [0.25, 0.3) is 0 Å². The second-order valence-corrected chi connectivity index (χ2v) is 6.97. The van der Waals surface area contributed by atoms with Crippen molar-refractivity contribution in [2.75, 3.05) is 0 Å². The molecule has 0 fully saturated rings. The third-order valence-corrected chi connectivity index (χ3v) is 4.35. The van der Waals surface area contributed by atoms with Gasteiger partial charge in [-0.05, 0) is 17.6 Å². The number of hydrogen-bond acceptors (Lipinski definition) is 5. The zero-order chi connectivity index (χ0) is 17.8. The Balaban J connectivity index is 2.15. The summed E-state index contributed by atoms with van der Waals surface area (Å²) in [6.07, 6.45) is 13.6. The SMILES string of the molecule is CCCCCCCCCCCCc1nnn(C(C(=O)[O-])C(C)C)n1. The molecule has 0 saturated carbocycles. The minimum Gasteiger partial charge on any atom is -0.548 e. The van der Waals surface area contributed by atoms with Gasteiger partial charge in [0.2, 0.25) is 0 Å². The molecule has 0 spiro atoms. The van der Waals surface area contributed by atoms with Gasteiger partial charge in [0.05, 0.1) is 5.97 Å². The number of tetrazole rings is 1. The van der Waals surface area contributed by atoms with Crippen molar-refractivity contribution >= 4 is 5.97 Å². The molecule has 0 aliphatic carbocycles. The molecule has 0 amide bonds. The van der Waals surface area contributed by atoms with Crippen LogP contribution in [0.2, 0.25) is 0 Å². The van der Waals surface area contributed by atoms with Crippen molar-refractivity contribution in [2.45, 2.75) is 97.4 Å². The largest absolute Gasteiger partial charge is 0.548 e. The van der Waals surface area contributed by atoms with Gasteiger partial charge >= 0.3 is 0 Å². The number of unbranched alkanes of at least 4 members (excludes halogenated alkanes) is 9. The van der Waals surface area contributed by atoms with E-state index in [-0.39, 0.29) is 5.92 Å². The maximum Gasteiger partial charge on any atom is 0.174 e. The van der Waals surface area contributed by atoms with Crippen LogP contribution in [0.15, 0.2) is 0 Å². The number of aliphatic carboxylic acids is 1. The molecular weight excluding hydrogens is 304 g/mol. The van der Waals surface area contributed by atoms with Crippen LogP contribution < -0.4 is 5.11 Å². The zero-order valence-corrected chi connectivity index (χ0v) is 15.5.